The number of guanidine groups is 1. The molecule has 3 rings (SSSR count). The molecule has 1 aromatic rings. The molecular formula is C21H34N4O2. The number of nitrogens with one attached hydrogen (secondary N) is 2. The minimum Gasteiger partial charge on any atom is -0.493 e. The third-order valence-electron chi connectivity index (χ3n) is 5.13. The van der Waals surface area contributed by atoms with Gasteiger partial charge in [0.1, 0.15) is 5.75 Å². The maximum Gasteiger partial charge on any atom is 0.191 e. The number of nitrogens with zero attached hydrogens (tertiary/aromatic N) is 2. The maximum atomic E-state index is 6.00. The van der Waals surface area contributed by atoms with Crippen molar-refractivity contribution in [3.63, 3.8) is 0 Å². The highest BCUT2D eigenvalue weighted by atomic mass is 16.5. The molecule has 2 N–H and O–H groups in total. The van der Waals surface area contributed by atoms with E-state index in [0.717, 1.165) is 69.2 Å². The fraction of sp³-hybridized carbons (Fsp3) is 0.667. The molecule has 1 saturated heterocycles. The van der Waals surface area contributed by atoms with Crippen molar-refractivity contribution in [2.24, 2.45) is 10.9 Å². The van der Waals surface area contributed by atoms with E-state index in [4.69, 9.17) is 14.5 Å². The lowest BCUT2D eigenvalue weighted by molar-refractivity contribution is 0.0211. The second kappa shape index (κ2) is 10.5. The van der Waals surface area contributed by atoms with Gasteiger partial charge in [0.05, 0.1) is 26.4 Å². The standard InChI is InChI=1S/C21H34N4O2/c1-3-22-21(23-14-17(2)25-10-12-26-13-11-25)24-15-19-6-4-5-7-20(19)27-16-18-8-9-18/h4-7,17-18H,3,8-16H2,1-2H3,(H2,22,23,24). The van der Waals surface area contributed by atoms with Gasteiger partial charge in [-0.15, -0.1) is 0 Å². The van der Waals surface area contributed by atoms with E-state index in [1.807, 2.05) is 12.1 Å². The molecule has 0 aromatic heterocycles. The van der Waals surface area contributed by atoms with Crippen LogP contribution in [0.3, 0.4) is 0 Å². The largest absolute Gasteiger partial charge is 0.493 e. The van der Waals surface area contributed by atoms with E-state index in [1.165, 1.54) is 12.8 Å². The van der Waals surface area contributed by atoms with E-state index in [-0.39, 0.29) is 0 Å². The number of benzene rings is 1. The van der Waals surface area contributed by atoms with Gasteiger partial charge in [-0.05, 0) is 38.7 Å². The number of hydrogen-bond acceptors (Lipinski definition) is 4. The van der Waals surface area contributed by atoms with Gasteiger partial charge in [-0.1, -0.05) is 18.2 Å². The molecule has 1 heterocycles. The van der Waals surface area contributed by atoms with Gasteiger partial charge in [-0.25, -0.2) is 4.99 Å². The van der Waals surface area contributed by atoms with E-state index in [1.54, 1.807) is 0 Å². The number of morpholine rings is 1. The van der Waals surface area contributed by atoms with E-state index in [9.17, 15) is 0 Å². The third kappa shape index (κ3) is 6.70. The molecule has 6 nitrogen and oxygen atoms in total. The predicted octanol–water partition coefficient (Wildman–Crippen LogP) is 2.25. The van der Waals surface area contributed by atoms with E-state index >= 15 is 0 Å². The fourth-order valence-corrected chi connectivity index (χ4v) is 3.17. The van der Waals surface area contributed by atoms with Gasteiger partial charge in [-0.2, -0.15) is 0 Å². The lowest BCUT2D eigenvalue weighted by Crippen LogP contribution is -2.49. The molecular weight excluding hydrogens is 340 g/mol. The highest BCUT2D eigenvalue weighted by Crippen LogP contribution is 2.30. The van der Waals surface area contributed by atoms with Crippen molar-refractivity contribution < 1.29 is 9.47 Å². The first-order valence-corrected chi connectivity index (χ1v) is 10.3. The van der Waals surface area contributed by atoms with Crippen LogP contribution < -0.4 is 15.4 Å². The predicted molar refractivity (Wildman–Crippen MR) is 109 cm³/mol. The van der Waals surface area contributed by atoms with Crippen molar-refractivity contribution in [3.8, 4) is 5.75 Å². The Morgan fingerprint density at radius 2 is 2.04 bits per heavy atom. The molecule has 0 spiro atoms. The summed E-state index contributed by atoms with van der Waals surface area (Å²) in [5.41, 5.74) is 1.14. The number of rotatable bonds is 9. The molecule has 150 valence electrons. The Hall–Kier alpha value is -1.79. The Morgan fingerprint density at radius 3 is 2.78 bits per heavy atom. The van der Waals surface area contributed by atoms with Crippen molar-refractivity contribution >= 4 is 5.96 Å². The fourth-order valence-electron chi connectivity index (χ4n) is 3.17. The van der Waals surface area contributed by atoms with Gasteiger partial charge in [0.2, 0.25) is 0 Å². The van der Waals surface area contributed by atoms with Crippen LogP contribution in [0.2, 0.25) is 0 Å². The molecule has 0 radical (unpaired) electrons. The third-order valence-corrected chi connectivity index (χ3v) is 5.13. The summed E-state index contributed by atoms with van der Waals surface area (Å²) in [5, 5.41) is 6.83. The van der Waals surface area contributed by atoms with Crippen molar-refractivity contribution in [1.82, 2.24) is 15.5 Å². The highest BCUT2D eigenvalue weighted by molar-refractivity contribution is 5.79. The van der Waals surface area contributed by atoms with Crippen LogP contribution in [0.4, 0.5) is 0 Å². The molecule has 1 saturated carbocycles. The Morgan fingerprint density at radius 1 is 1.26 bits per heavy atom. The Bertz CT molecular complexity index is 598. The SMILES string of the molecule is CCNC(=NCc1ccccc1OCC1CC1)NCC(C)N1CCOCC1. The topological polar surface area (TPSA) is 58.1 Å². The zero-order valence-corrected chi connectivity index (χ0v) is 16.7. The molecule has 2 aliphatic rings. The summed E-state index contributed by atoms with van der Waals surface area (Å²) in [6.07, 6.45) is 2.60. The van der Waals surface area contributed by atoms with E-state index in [2.05, 4.69) is 41.5 Å². The zero-order chi connectivity index (χ0) is 18.9. The number of ether oxygens (including phenoxy) is 2. The molecule has 1 atom stereocenters. The summed E-state index contributed by atoms with van der Waals surface area (Å²) in [6, 6.07) is 8.69. The van der Waals surface area contributed by atoms with Gasteiger partial charge >= 0.3 is 0 Å². The summed E-state index contributed by atoms with van der Waals surface area (Å²) in [7, 11) is 0. The second-order valence-corrected chi connectivity index (χ2v) is 7.44. The summed E-state index contributed by atoms with van der Waals surface area (Å²) in [4.78, 5) is 7.23. The van der Waals surface area contributed by atoms with Gasteiger partial charge in [-0.3, -0.25) is 4.90 Å². The monoisotopic (exact) mass is 374 g/mol. The van der Waals surface area contributed by atoms with Crippen LogP contribution in [0.5, 0.6) is 5.75 Å². The zero-order valence-electron chi connectivity index (χ0n) is 16.7. The van der Waals surface area contributed by atoms with Crippen LogP contribution >= 0.6 is 0 Å². The number of para-hydroxylation sites is 1. The Balaban J connectivity index is 1.53. The van der Waals surface area contributed by atoms with Gasteiger partial charge < -0.3 is 20.1 Å². The smallest absolute Gasteiger partial charge is 0.191 e. The molecule has 1 unspecified atom stereocenters. The number of hydrogen-bond donors (Lipinski definition) is 2. The van der Waals surface area contributed by atoms with Crippen molar-refractivity contribution in [2.75, 3.05) is 46.0 Å². The van der Waals surface area contributed by atoms with E-state index in [0.29, 0.717) is 12.6 Å². The van der Waals surface area contributed by atoms with Crippen molar-refractivity contribution in [2.45, 2.75) is 39.3 Å². The van der Waals surface area contributed by atoms with E-state index < -0.39 is 0 Å². The van der Waals surface area contributed by atoms with Gasteiger partial charge in [0.25, 0.3) is 0 Å². The van der Waals surface area contributed by atoms with Crippen LogP contribution in [0.25, 0.3) is 0 Å². The first-order chi connectivity index (χ1) is 13.3. The maximum absolute atomic E-state index is 6.00. The molecule has 27 heavy (non-hydrogen) atoms. The highest BCUT2D eigenvalue weighted by Gasteiger charge is 2.22. The number of aliphatic imine (C=N–C) groups is 1. The molecule has 1 aliphatic heterocycles. The average Bonchev–Trinajstić information content (AvgIpc) is 3.54. The first kappa shape index (κ1) is 20.0. The first-order valence-electron chi connectivity index (χ1n) is 10.3. The van der Waals surface area contributed by atoms with Crippen molar-refractivity contribution in [1.29, 1.82) is 0 Å². The molecule has 2 fully saturated rings. The van der Waals surface area contributed by atoms with Crippen LogP contribution in [-0.4, -0.2) is 62.9 Å². The minimum absolute atomic E-state index is 0.451. The molecule has 0 amide bonds. The van der Waals surface area contributed by atoms with Gasteiger partial charge in [0.15, 0.2) is 5.96 Å². The summed E-state index contributed by atoms with van der Waals surface area (Å²) < 4.78 is 11.4. The van der Waals surface area contributed by atoms with Crippen molar-refractivity contribution in [3.05, 3.63) is 29.8 Å². The molecule has 1 aromatic carbocycles. The van der Waals surface area contributed by atoms with Crippen LogP contribution in [0, 0.1) is 5.92 Å². The summed E-state index contributed by atoms with van der Waals surface area (Å²) in [6.45, 7) is 11.2. The molecule has 1 aliphatic carbocycles. The average molecular weight is 375 g/mol. The summed E-state index contributed by atoms with van der Waals surface area (Å²) >= 11 is 0. The second-order valence-electron chi connectivity index (χ2n) is 7.44. The van der Waals surface area contributed by atoms with Crippen LogP contribution in [-0.2, 0) is 11.3 Å². The Labute approximate surface area is 163 Å². The molecule has 6 heteroatoms. The lowest BCUT2D eigenvalue weighted by atomic mass is 10.2. The normalized spacial score (nSPS) is 19.6. The quantitative estimate of drug-likeness (QED) is 0.513. The van der Waals surface area contributed by atoms with Gasteiger partial charge in [0, 0.05) is 37.8 Å². The van der Waals surface area contributed by atoms with Crippen LogP contribution in [0.15, 0.2) is 29.3 Å². The molecule has 0 bridgehead atoms. The minimum atomic E-state index is 0.451. The van der Waals surface area contributed by atoms with Crippen LogP contribution in [0.1, 0.15) is 32.3 Å². The Kier molecular flexibility index (Phi) is 7.78. The summed E-state index contributed by atoms with van der Waals surface area (Å²) in [5.74, 6) is 2.57. The lowest BCUT2D eigenvalue weighted by Gasteiger charge is -2.32.